The second-order valence-corrected chi connectivity index (χ2v) is 5.58. The van der Waals surface area contributed by atoms with Crippen LogP contribution >= 0.6 is 11.6 Å². The molecule has 0 saturated carbocycles. The van der Waals surface area contributed by atoms with Crippen LogP contribution in [-0.4, -0.2) is 23.1 Å². The number of H-pyrrole nitrogens is 1. The number of benzene rings is 1. The van der Waals surface area contributed by atoms with Crippen molar-refractivity contribution in [3.05, 3.63) is 41.3 Å². The number of imidazole rings is 1. The highest BCUT2D eigenvalue weighted by Gasteiger charge is 2.15. The molecule has 1 aliphatic rings. The molecular weight excluding hydrogens is 258 g/mol. The molecule has 1 aromatic carbocycles. The van der Waals surface area contributed by atoms with Gasteiger partial charge in [0.15, 0.2) is 0 Å². The van der Waals surface area contributed by atoms with Crippen LogP contribution < -0.4 is 5.32 Å². The molecule has 0 amide bonds. The van der Waals surface area contributed by atoms with Gasteiger partial charge in [-0.2, -0.15) is 0 Å². The van der Waals surface area contributed by atoms with Crippen LogP contribution in [0.1, 0.15) is 18.7 Å². The predicted molar refractivity (Wildman–Crippen MR) is 78.3 cm³/mol. The van der Waals surface area contributed by atoms with Crippen molar-refractivity contribution in [3.8, 4) is 11.3 Å². The van der Waals surface area contributed by atoms with Crippen LogP contribution in [0.2, 0.25) is 5.02 Å². The molecule has 1 fully saturated rings. The van der Waals surface area contributed by atoms with Crippen LogP contribution in [-0.2, 0) is 6.42 Å². The largest absolute Gasteiger partial charge is 0.342 e. The van der Waals surface area contributed by atoms with Crippen molar-refractivity contribution in [3.63, 3.8) is 0 Å². The number of piperidine rings is 1. The number of hydrogen-bond acceptors (Lipinski definition) is 2. The van der Waals surface area contributed by atoms with Crippen molar-refractivity contribution in [2.45, 2.75) is 19.3 Å². The Labute approximate surface area is 118 Å². The number of rotatable bonds is 3. The molecular formula is C15H18ClN3. The van der Waals surface area contributed by atoms with Crippen LogP contribution in [0, 0.1) is 5.92 Å². The number of aromatic nitrogens is 2. The van der Waals surface area contributed by atoms with Gasteiger partial charge in [0.2, 0.25) is 0 Å². The van der Waals surface area contributed by atoms with E-state index >= 15 is 0 Å². The Kier molecular flexibility index (Phi) is 3.85. The topological polar surface area (TPSA) is 40.7 Å². The standard InChI is InChI=1S/C15H18ClN3/c16-13-3-1-12(2-4-13)14-10-18-15(19-14)9-11-5-7-17-8-6-11/h1-4,10-11,17H,5-9H2,(H,18,19). The van der Waals surface area contributed by atoms with E-state index in [9.17, 15) is 0 Å². The first-order valence-corrected chi connectivity index (χ1v) is 7.19. The highest BCUT2D eigenvalue weighted by Crippen LogP contribution is 2.22. The van der Waals surface area contributed by atoms with E-state index in [1.54, 1.807) is 0 Å². The normalized spacial score (nSPS) is 16.7. The lowest BCUT2D eigenvalue weighted by atomic mass is 9.94. The Bertz CT molecular complexity index is 527. The van der Waals surface area contributed by atoms with Crippen molar-refractivity contribution in [2.75, 3.05) is 13.1 Å². The smallest absolute Gasteiger partial charge is 0.106 e. The van der Waals surface area contributed by atoms with Crippen molar-refractivity contribution in [1.82, 2.24) is 15.3 Å². The summed E-state index contributed by atoms with van der Waals surface area (Å²) in [6.07, 6.45) is 5.46. The van der Waals surface area contributed by atoms with E-state index in [1.807, 2.05) is 30.5 Å². The van der Waals surface area contributed by atoms with E-state index in [1.165, 1.54) is 12.8 Å². The highest BCUT2D eigenvalue weighted by molar-refractivity contribution is 6.30. The van der Waals surface area contributed by atoms with E-state index < -0.39 is 0 Å². The van der Waals surface area contributed by atoms with Gasteiger partial charge in [0, 0.05) is 11.4 Å². The molecule has 2 N–H and O–H groups in total. The molecule has 1 saturated heterocycles. The minimum atomic E-state index is 0.755. The molecule has 100 valence electrons. The molecule has 0 atom stereocenters. The zero-order valence-corrected chi connectivity index (χ0v) is 11.6. The van der Waals surface area contributed by atoms with Crippen LogP contribution in [0.3, 0.4) is 0 Å². The fourth-order valence-electron chi connectivity index (χ4n) is 2.60. The van der Waals surface area contributed by atoms with Crippen LogP contribution in [0.25, 0.3) is 11.3 Å². The summed E-state index contributed by atoms with van der Waals surface area (Å²) in [5, 5.41) is 4.16. The molecule has 2 aromatic rings. The SMILES string of the molecule is Clc1ccc(-c2cnc(CC3CCNCC3)[nH]2)cc1. The van der Waals surface area contributed by atoms with E-state index in [4.69, 9.17) is 11.6 Å². The zero-order chi connectivity index (χ0) is 13.1. The third-order valence-electron chi connectivity index (χ3n) is 3.72. The van der Waals surface area contributed by atoms with Crippen LogP contribution in [0.15, 0.2) is 30.5 Å². The Morgan fingerprint density at radius 1 is 1.16 bits per heavy atom. The summed E-state index contributed by atoms with van der Waals surface area (Å²) in [7, 11) is 0. The lowest BCUT2D eigenvalue weighted by Crippen LogP contribution is -2.28. The Morgan fingerprint density at radius 2 is 1.89 bits per heavy atom. The van der Waals surface area contributed by atoms with Gasteiger partial charge in [-0.05, 0) is 49.5 Å². The molecule has 1 aliphatic heterocycles. The zero-order valence-electron chi connectivity index (χ0n) is 10.8. The third kappa shape index (κ3) is 3.17. The van der Waals surface area contributed by atoms with Gasteiger partial charge in [0.05, 0.1) is 11.9 Å². The summed E-state index contributed by atoms with van der Waals surface area (Å²) in [5.41, 5.74) is 2.20. The second kappa shape index (κ2) is 5.76. The van der Waals surface area contributed by atoms with Gasteiger partial charge in [-0.3, -0.25) is 0 Å². The molecule has 2 heterocycles. The molecule has 3 nitrogen and oxygen atoms in total. The maximum absolute atomic E-state index is 5.90. The van der Waals surface area contributed by atoms with Crippen molar-refractivity contribution < 1.29 is 0 Å². The van der Waals surface area contributed by atoms with E-state index in [2.05, 4.69) is 15.3 Å². The minimum Gasteiger partial charge on any atom is -0.342 e. The van der Waals surface area contributed by atoms with Gasteiger partial charge in [-0.25, -0.2) is 4.98 Å². The Balaban J connectivity index is 1.70. The van der Waals surface area contributed by atoms with E-state index in [0.717, 1.165) is 47.5 Å². The third-order valence-corrected chi connectivity index (χ3v) is 3.98. The molecule has 0 bridgehead atoms. The van der Waals surface area contributed by atoms with E-state index in [0.29, 0.717) is 0 Å². The molecule has 0 radical (unpaired) electrons. The van der Waals surface area contributed by atoms with Gasteiger partial charge in [-0.15, -0.1) is 0 Å². The molecule has 0 unspecified atom stereocenters. The first kappa shape index (κ1) is 12.7. The number of hydrogen-bond donors (Lipinski definition) is 2. The molecule has 1 aromatic heterocycles. The van der Waals surface area contributed by atoms with E-state index in [-0.39, 0.29) is 0 Å². The summed E-state index contributed by atoms with van der Waals surface area (Å²) >= 11 is 5.90. The summed E-state index contributed by atoms with van der Waals surface area (Å²) in [4.78, 5) is 7.92. The molecule has 19 heavy (non-hydrogen) atoms. The summed E-state index contributed by atoms with van der Waals surface area (Å²) < 4.78 is 0. The molecule has 4 heteroatoms. The second-order valence-electron chi connectivity index (χ2n) is 5.15. The first-order valence-electron chi connectivity index (χ1n) is 6.82. The number of aromatic amines is 1. The van der Waals surface area contributed by atoms with Crippen LogP contribution in [0.4, 0.5) is 0 Å². The number of nitrogens with zero attached hydrogens (tertiary/aromatic N) is 1. The summed E-state index contributed by atoms with van der Waals surface area (Å²) in [6, 6.07) is 7.85. The fourth-order valence-corrected chi connectivity index (χ4v) is 2.73. The van der Waals surface area contributed by atoms with Gasteiger partial charge >= 0.3 is 0 Å². The van der Waals surface area contributed by atoms with Gasteiger partial charge < -0.3 is 10.3 Å². The van der Waals surface area contributed by atoms with Gasteiger partial charge in [-0.1, -0.05) is 23.7 Å². The molecule has 3 rings (SSSR count). The first-order chi connectivity index (χ1) is 9.31. The number of nitrogens with one attached hydrogen (secondary N) is 2. The maximum Gasteiger partial charge on any atom is 0.106 e. The summed E-state index contributed by atoms with van der Waals surface area (Å²) in [5.74, 6) is 1.85. The van der Waals surface area contributed by atoms with Crippen molar-refractivity contribution in [2.24, 2.45) is 5.92 Å². The molecule has 0 spiro atoms. The minimum absolute atomic E-state index is 0.755. The quantitative estimate of drug-likeness (QED) is 0.903. The Morgan fingerprint density at radius 3 is 2.63 bits per heavy atom. The lowest BCUT2D eigenvalue weighted by molar-refractivity contribution is 0.368. The number of halogens is 1. The average Bonchev–Trinajstić information content (AvgIpc) is 2.89. The van der Waals surface area contributed by atoms with Crippen molar-refractivity contribution >= 4 is 11.6 Å². The average molecular weight is 276 g/mol. The monoisotopic (exact) mass is 275 g/mol. The highest BCUT2D eigenvalue weighted by atomic mass is 35.5. The lowest BCUT2D eigenvalue weighted by Gasteiger charge is -2.21. The maximum atomic E-state index is 5.90. The van der Waals surface area contributed by atoms with Gasteiger partial charge in [0.25, 0.3) is 0 Å². The van der Waals surface area contributed by atoms with Crippen LogP contribution in [0.5, 0.6) is 0 Å². The fraction of sp³-hybridized carbons (Fsp3) is 0.400. The van der Waals surface area contributed by atoms with Gasteiger partial charge in [0.1, 0.15) is 5.82 Å². The predicted octanol–water partition coefficient (Wildman–Crippen LogP) is 3.27. The van der Waals surface area contributed by atoms with Crippen molar-refractivity contribution in [1.29, 1.82) is 0 Å². The summed E-state index contributed by atoms with van der Waals surface area (Å²) in [6.45, 7) is 2.27. The molecule has 0 aliphatic carbocycles. The Hall–Kier alpha value is -1.32.